The Morgan fingerprint density at radius 1 is 1.10 bits per heavy atom. The Morgan fingerprint density at radius 3 is 2.38 bits per heavy atom. The lowest BCUT2D eigenvalue weighted by molar-refractivity contribution is 0.405. The first kappa shape index (κ1) is 15.8. The van der Waals surface area contributed by atoms with Crippen LogP contribution in [0.4, 0.5) is 0 Å². The highest BCUT2D eigenvalue weighted by Crippen LogP contribution is 2.43. The van der Waals surface area contributed by atoms with Crippen molar-refractivity contribution in [1.82, 2.24) is 0 Å². The summed E-state index contributed by atoms with van der Waals surface area (Å²) in [5, 5.41) is 10.5. The third kappa shape index (κ3) is 4.43. The van der Waals surface area contributed by atoms with Crippen LogP contribution >= 0.6 is 11.8 Å². The van der Waals surface area contributed by atoms with Gasteiger partial charge in [0.05, 0.1) is 7.11 Å². The van der Waals surface area contributed by atoms with Gasteiger partial charge < -0.3 is 9.84 Å². The molecule has 0 saturated carbocycles. The summed E-state index contributed by atoms with van der Waals surface area (Å²) in [6.45, 7) is 4.41. The fourth-order valence-electron chi connectivity index (χ4n) is 2.25. The van der Waals surface area contributed by atoms with Crippen LogP contribution in [-0.4, -0.2) is 12.2 Å². The van der Waals surface area contributed by atoms with Crippen LogP contribution in [-0.2, 0) is 0 Å². The Balaban J connectivity index is 2.27. The number of phenols is 1. The van der Waals surface area contributed by atoms with E-state index in [1.807, 2.05) is 30.3 Å². The summed E-state index contributed by atoms with van der Waals surface area (Å²) in [6, 6.07) is 15.9. The van der Waals surface area contributed by atoms with Crippen molar-refractivity contribution in [3.63, 3.8) is 0 Å². The molecule has 112 valence electrons. The van der Waals surface area contributed by atoms with Crippen molar-refractivity contribution in [3.8, 4) is 11.5 Å². The number of hydrogen-bond acceptors (Lipinski definition) is 3. The van der Waals surface area contributed by atoms with E-state index >= 15 is 0 Å². The lowest BCUT2D eigenvalue weighted by Gasteiger charge is -2.20. The van der Waals surface area contributed by atoms with E-state index in [9.17, 15) is 5.11 Å². The van der Waals surface area contributed by atoms with E-state index in [1.165, 1.54) is 4.90 Å². The van der Waals surface area contributed by atoms with Crippen molar-refractivity contribution < 1.29 is 9.84 Å². The number of aromatic hydroxyl groups is 1. The van der Waals surface area contributed by atoms with Gasteiger partial charge in [-0.3, -0.25) is 0 Å². The molecule has 0 heterocycles. The zero-order valence-corrected chi connectivity index (χ0v) is 13.6. The summed E-state index contributed by atoms with van der Waals surface area (Å²) >= 11 is 1.80. The topological polar surface area (TPSA) is 29.5 Å². The monoisotopic (exact) mass is 302 g/mol. The Hall–Kier alpha value is -1.61. The number of rotatable bonds is 6. The van der Waals surface area contributed by atoms with Gasteiger partial charge in [-0.05, 0) is 30.5 Å². The second kappa shape index (κ2) is 7.41. The van der Waals surface area contributed by atoms with Crippen LogP contribution in [0, 0.1) is 5.92 Å². The van der Waals surface area contributed by atoms with Crippen molar-refractivity contribution in [3.05, 3.63) is 54.1 Å². The molecule has 1 atom stereocenters. The van der Waals surface area contributed by atoms with Gasteiger partial charge in [0.15, 0.2) is 0 Å². The maximum atomic E-state index is 10.3. The maximum Gasteiger partial charge on any atom is 0.123 e. The van der Waals surface area contributed by atoms with Gasteiger partial charge in [-0.2, -0.15) is 0 Å². The Morgan fingerprint density at radius 2 is 1.81 bits per heavy atom. The number of thioether (sulfide) groups is 1. The number of methoxy groups -OCH3 is 1. The maximum absolute atomic E-state index is 10.3. The first-order valence-electron chi connectivity index (χ1n) is 7.18. The van der Waals surface area contributed by atoms with E-state index in [4.69, 9.17) is 4.74 Å². The van der Waals surface area contributed by atoms with Gasteiger partial charge in [0.25, 0.3) is 0 Å². The molecule has 0 spiro atoms. The number of phenolic OH excluding ortho intramolecular Hbond substituents is 1. The molecule has 0 amide bonds. The van der Waals surface area contributed by atoms with Crippen molar-refractivity contribution in [2.45, 2.75) is 30.4 Å². The van der Waals surface area contributed by atoms with Gasteiger partial charge in [-0.1, -0.05) is 38.1 Å². The standard InChI is InChI=1S/C18H22O2S/c1-13(2)11-18(21-15-7-5-4-6-8-15)16-10-9-14(20-3)12-17(16)19/h4-10,12-13,18-19H,11H2,1-3H3. The van der Waals surface area contributed by atoms with Crippen LogP contribution in [0.25, 0.3) is 0 Å². The summed E-state index contributed by atoms with van der Waals surface area (Å²) in [6.07, 6.45) is 1.01. The fourth-order valence-corrected chi connectivity index (χ4v) is 3.70. The average molecular weight is 302 g/mol. The minimum absolute atomic E-state index is 0.235. The first-order chi connectivity index (χ1) is 10.1. The van der Waals surface area contributed by atoms with Gasteiger partial charge in [0.2, 0.25) is 0 Å². The van der Waals surface area contributed by atoms with Crippen molar-refractivity contribution in [1.29, 1.82) is 0 Å². The molecule has 0 aliphatic rings. The fraction of sp³-hybridized carbons (Fsp3) is 0.333. The van der Waals surface area contributed by atoms with E-state index in [0.29, 0.717) is 17.4 Å². The molecule has 0 bridgehead atoms. The van der Waals surface area contributed by atoms with Gasteiger partial charge in [0, 0.05) is 21.8 Å². The van der Waals surface area contributed by atoms with Gasteiger partial charge >= 0.3 is 0 Å². The summed E-state index contributed by atoms with van der Waals surface area (Å²) in [5.74, 6) is 1.56. The molecule has 0 radical (unpaired) electrons. The minimum Gasteiger partial charge on any atom is -0.507 e. The van der Waals surface area contributed by atoms with Crippen LogP contribution in [0.15, 0.2) is 53.4 Å². The predicted molar refractivity (Wildman–Crippen MR) is 89.2 cm³/mol. The van der Waals surface area contributed by atoms with Crippen LogP contribution in [0.3, 0.4) is 0 Å². The van der Waals surface area contributed by atoms with Crippen molar-refractivity contribution in [2.24, 2.45) is 5.92 Å². The first-order valence-corrected chi connectivity index (χ1v) is 8.06. The van der Waals surface area contributed by atoms with E-state index in [-0.39, 0.29) is 5.25 Å². The summed E-state index contributed by atoms with van der Waals surface area (Å²) in [4.78, 5) is 1.22. The van der Waals surface area contributed by atoms with E-state index in [2.05, 4.69) is 26.0 Å². The molecule has 0 fully saturated rings. The molecule has 0 aromatic heterocycles. The molecule has 2 nitrogen and oxygen atoms in total. The molecular weight excluding hydrogens is 280 g/mol. The zero-order valence-electron chi connectivity index (χ0n) is 12.7. The van der Waals surface area contributed by atoms with E-state index in [0.717, 1.165) is 12.0 Å². The largest absolute Gasteiger partial charge is 0.507 e. The molecule has 0 aliphatic carbocycles. The highest BCUT2D eigenvalue weighted by Gasteiger charge is 2.18. The van der Waals surface area contributed by atoms with Crippen LogP contribution in [0.2, 0.25) is 0 Å². The molecule has 1 N–H and O–H groups in total. The smallest absolute Gasteiger partial charge is 0.123 e. The SMILES string of the molecule is COc1ccc(C(CC(C)C)Sc2ccccc2)c(O)c1. The van der Waals surface area contributed by atoms with Crippen LogP contribution in [0.1, 0.15) is 31.1 Å². The van der Waals surface area contributed by atoms with Crippen molar-refractivity contribution >= 4 is 11.8 Å². The molecule has 2 aromatic rings. The molecule has 1 unspecified atom stereocenters. The molecule has 2 aromatic carbocycles. The third-order valence-corrected chi connectivity index (χ3v) is 4.57. The predicted octanol–water partition coefficient (Wildman–Crippen LogP) is 5.28. The van der Waals surface area contributed by atoms with Crippen LogP contribution in [0.5, 0.6) is 11.5 Å². The lowest BCUT2D eigenvalue weighted by Crippen LogP contribution is -2.00. The highest BCUT2D eigenvalue weighted by atomic mass is 32.2. The summed E-state index contributed by atoms with van der Waals surface area (Å²) in [7, 11) is 1.61. The molecule has 21 heavy (non-hydrogen) atoms. The highest BCUT2D eigenvalue weighted by molar-refractivity contribution is 7.99. The molecule has 0 aliphatic heterocycles. The molecule has 3 heteroatoms. The number of hydrogen-bond donors (Lipinski definition) is 1. The van der Waals surface area contributed by atoms with Gasteiger partial charge in [-0.15, -0.1) is 11.8 Å². The molecule has 0 saturated heterocycles. The van der Waals surface area contributed by atoms with E-state index < -0.39 is 0 Å². The second-order valence-electron chi connectivity index (χ2n) is 5.47. The zero-order chi connectivity index (χ0) is 15.2. The van der Waals surface area contributed by atoms with Gasteiger partial charge in [0.1, 0.15) is 11.5 Å². The third-order valence-electron chi connectivity index (χ3n) is 3.29. The summed E-state index contributed by atoms with van der Waals surface area (Å²) < 4.78 is 5.16. The van der Waals surface area contributed by atoms with Gasteiger partial charge in [-0.25, -0.2) is 0 Å². The summed E-state index contributed by atoms with van der Waals surface area (Å²) in [5.41, 5.74) is 0.971. The van der Waals surface area contributed by atoms with Crippen molar-refractivity contribution in [2.75, 3.05) is 7.11 Å². The normalized spacial score (nSPS) is 12.4. The number of ether oxygens (including phenoxy) is 1. The Bertz CT molecular complexity index is 567. The van der Waals surface area contributed by atoms with Crippen LogP contribution < -0.4 is 4.74 Å². The van der Waals surface area contributed by atoms with E-state index in [1.54, 1.807) is 24.9 Å². The quantitative estimate of drug-likeness (QED) is 0.736. The lowest BCUT2D eigenvalue weighted by atomic mass is 10.0. The molecule has 2 rings (SSSR count). The second-order valence-corrected chi connectivity index (χ2v) is 6.75. The Labute approximate surface area is 131 Å². The molecular formula is C18H22O2S. The minimum atomic E-state index is 0.235. The Kier molecular flexibility index (Phi) is 5.57. The number of benzene rings is 2. The average Bonchev–Trinajstić information content (AvgIpc) is 2.47.